The molecule has 9 rings (SSSR count). The molecule has 6 nitrogen and oxygen atoms in total. The third-order valence-electron chi connectivity index (χ3n) is 12.6. The monoisotopic (exact) mass is 838 g/mol. The van der Waals surface area contributed by atoms with Crippen LogP contribution in [0.15, 0.2) is 218 Å². The van der Waals surface area contributed by atoms with Gasteiger partial charge in [0.2, 0.25) is 0 Å². The van der Waals surface area contributed by atoms with Crippen LogP contribution in [0.1, 0.15) is 59.8 Å². The van der Waals surface area contributed by atoms with E-state index in [2.05, 4.69) is 0 Å². The molecule has 2 amide bonds. The summed E-state index contributed by atoms with van der Waals surface area (Å²) in [7, 11) is 0. The zero-order valence-corrected chi connectivity index (χ0v) is 35.5. The highest BCUT2D eigenvalue weighted by atomic mass is 16.5. The first-order valence-corrected chi connectivity index (χ1v) is 22.1. The van der Waals surface area contributed by atoms with E-state index in [9.17, 15) is 10.4 Å². The second kappa shape index (κ2) is 19.3. The summed E-state index contributed by atoms with van der Waals surface area (Å²) in [6.07, 6.45) is 2.23. The highest BCUT2D eigenvalue weighted by molar-refractivity contribution is 5.89. The van der Waals surface area contributed by atoms with Crippen molar-refractivity contribution in [1.82, 2.24) is 10.1 Å². The van der Waals surface area contributed by atoms with Crippen molar-refractivity contribution in [2.45, 2.75) is 49.6 Å². The van der Waals surface area contributed by atoms with Crippen molar-refractivity contribution in [3.63, 3.8) is 0 Å². The van der Waals surface area contributed by atoms with Crippen LogP contribution in [-0.2, 0) is 9.59 Å². The molecule has 0 unspecified atom stereocenters. The van der Waals surface area contributed by atoms with Crippen LogP contribution >= 0.6 is 0 Å². The Morgan fingerprint density at radius 3 is 0.828 bits per heavy atom. The predicted octanol–water partition coefficient (Wildman–Crippen LogP) is 13.1. The normalized spacial score (nSPS) is 14.9. The quantitative estimate of drug-likeness (QED) is 0.0948. The van der Waals surface area contributed by atoms with Crippen molar-refractivity contribution >= 4 is 11.8 Å². The van der Waals surface area contributed by atoms with Crippen molar-refractivity contribution < 1.29 is 20.0 Å². The lowest BCUT2D eigenvalue weighted by Crippen LogP contribution is -2.56. The lowest BCUT2D eigenvalue weighted by Gasteiger charge is -2.41. The van der Waals surface area contributed by atoms with Gasteiger partial charge in [0.05, 0.1) is 23.9 Å². The molecule has 64 heavy (non-hydrogen) atoms. The number of carbonyl (C=O) groups excluding carboxylic acids is 2. The molecule has 1 aliphatic carbocycles. The molecule has 6 heteroatoms. The number of rotatable bonds is 12. The largest absolute Gasteiger partial charge is 0.286 e. The van der Waals surface area contributed by atoms with Gasteiger partial charge in [-0.2, -0.15) is 0 Å². The van der Waals surface area contributed by atoms with Gasteiger partial charge in [-0.25, -0.2) is 10.1 Å². The van der Waals surface area contributed by atoms with E-state index in [4.69, 9.17) is 0 Å². The minimum atomic E-state index is -0.892. The molecule has 1 fully saturated rings. The van der Waals surface area contributed by atoms with Crippen molar-refractivity contribution in [1.29, 1.82) is 0 Å². The average molecular weight is 839 g/mol. The van der Waals surface area contributed by atoms with Gasteiger partial charge in [-0.1, -0.05) is 231 Å². The van der Waals surface area contributed by atoms with Gasteiger partial charge in [0.25, 0.3) is 11.8 Å². The van der Waals surface area contributed by atoms with E-state index in [1.54, 1.807) is 0 Å². The zero-order chi connectivity index (χ0) is 43.8. The Morgan fingerprint density at radius 1 is 0.344 bits per heavy atom. The van der Waals surface area contributed by atoms with Crippen molar-refractivity contribution in [3.05, 3.63) is 241 Å². The Labute approximate surface area is 375 Å². The van der Waals surface area contributed by atoms with Gasteiger partial charge in [-0.15, -0.1) is 0 Å². The Bertz CT molecular complexity index is 2470. The van der Waals surface area contributed by atoms with Crippen LogP contribution in [0.5, 0.6) is 0 Å². The van der Waals surface area contributed by atoms with E-state index in [1.807, 2.05) is 218 Å². The van der Waals surface area contributed by atoms with E-state index in [1.165, 1.54) is 0 Å². The molecule has 2 N–H and O–H groups in total. The summed E-state index contributed by atoms with van der Waals surface area (Å²) in [5.41, 5.74) is 10.7. The Morgan fingerprint density at radius 2 is 0.578 bits per heavy atom. The van der Waals surface area contributed by atoms with E-state index >= 15 is 9.59 Å². The first-order valence-electron chi connectivity index (χ1n) is 22.1. The SMILES string of the molecule is O=C(C(c1cccc(-c2ccccc2)c1)c1cccc(-c2ccccc2)c1)N(O)[C@@H]1CCCC[C@H]1N(O)C(=O)C(c1cccc(-c2ccccc2)c1)c1cccc(-c2ccccc2)c1. The molecule has 0 bridgehead atoms. The number of hydrogen-bond donors (Lipinski definition) is 2. The fraction of sp³-hybridized carbons (Fsp3) is 0.138. The Balaban J connectivity index is 1.08. The first-order chi connectivity index (χ1) is 31.4. The summed E-state index contributed by atoms with van der Waals surface area (Å²) in [6, 6.07) is 69.9. The first kappa shape index (κ1) is 41.9. The molecule has 0 saturated heterocycles. The summed E-state index contributed by atoms with van der Waals surface area (Å²) in [5, 5.41) is 26.3. The van der Waals surface area contributed by atoms with Gasteiger partial charge < -0.3 is 0 Å². The highest BCUT2D eigenvalue weighted by Crippen LogP contribution is 2.38. The van der Waals surface area contributed by atoms with Crippen molar-refractivity contribution in [3.8, 4) is 44.5 Å². The Kier molecular flexibility index (Phi) is 12.7. The molecule has 2 atom stereocenters. The molecule has 316 valence electrons. The number of carbonyl (C=O) groups is 2. The fourth-order valence-electron chi connectivity index (χ4n) is 9.32. The van der Waals surface area contributed by atoms with E-state index in [0.29, 0.717) is 25.7 Å². The summed E-state index contributed by atoms with van der Waals surface area (Å²) >= 11 is 0. The number of nitrogens with zero attached hydrogens (tertiary/aromatic N) is 2. The Hall–Kier alpha value is -7.38. The molecule has 0 spiro atoms. The topological polar surface area (TPSA) is 81.1 Å². The molecule has 1 aliphatic rings. The molecule has 1 saturated carbocycles. The second-order valence-corrected chi connectivity index (χ2v) is 16.6. The minimum Gasteiger partial charge on any atom is -0.286 e. The maximum Gasteiger partial charge on any atom is 0.258 e. The summed E-state index contributed by atoms with van der Waals surface area (Å²) in [4.78, 5) is 30.4. The van der Waals surface area contributed by atoms with E-state index in [-0.39, 0.29) is 0 Å². The lowest BCUT2D eigenvalue weighted by atomic mass is 9.84. The molecule has 0 aliphatic heterocycles. The molecule has 0 heterocycles. The van der Waals surface area contributed by atoms with Crippen molar-refractivity contribution in [2.75, 3.05) is 0 Å². The van der Waals surface area contributed by atoms with Crippen LogP contribution in [0.4, 0.5) is 0 Å². The molecule has 8 aromatic rings. The number of hydroxylamine groups is 4. The van der Waals surface area contributed by atoms with Gasteiger partial charge in [-0.3, -0.25) is 20.0 Å². The molecule has 0 radical (unpaired) electrons. The van der Waals surface area contributed by atoms with Gasteiger partial charge in [0.1, 0.15) is 0 Å². The number of hydrogen-bond acceptors (Lipinski definition) is 4. The van der Waals surface area contributed by atoms with Crippen LogP contribution in [0, 0.1) is 0 Å². The van der Waals surface area contributed by atoms with E-state index in [0.717, 1.165) is 76.9 Å². The summed E-state index contributed by atoms with van der Waals surface area (Å²) in [5.74, 6) is -2.85. The van der Waals surface area contributed by atoms with Gasteiger partial charge in [0, 0.05) is 0 Å². The fourth-order valence-corrected chi connectivity index (χ4v) is 9.32. The van der Waals surface area contributed by atoms with Crippen LogP contribution in [-0.4, -0.2) is 44.4 Å². The zero-order valence-electron chi connectivity index (χ0n) is 35.5. The van der Waals surface area contributed by atoms with Crippen LogP contribution < -0.4 is 0 Å². The number of benzene rings is 8. The van der Waals surface area contributed by atoms with Gasteiger partial charge in [-0.05, 0) is 79.6 Å². The highest BCUT2D eigenvalue weighted by Gasteiger charge is 2.42. The van der Waals surface area contributed by atoms with Crippen LogP contribution in [0.3, 0.4) is 0 Å². The van der Waals surface area contributed by atoms with E-state index < -0.39 is 35.7 Å². The summed E-state index contributed by atoms with van der Waals surface area (Å²) in [6.45, 7) is 0. The predicted molar refractivity (Wildman–Crippen MR) is 255 cm³/mol. The van der Waals surface area contributed by atoms with Crippen LogP contribution in [0.2, 0.25) is 0 Å². The maximum absolute atomic E-state index is 15.2. The smallest absolute Gasteiger partial charge is 0.258 e. The molecular weight excluding hydrogens is 789 g/mol. The third kappa shape index (κ3) is 9.06. The number of amides is 2. The van der Waals surface area contributed by atoms with Crippen LogP contribution in [0.25, 0.3) is 44.5 Å². The van der Waals surface area contributed by atoms with Crippen molar-refractivity contribution in [2.24, 2.45) is 0 Å². The average Bonchev–Trinajstić information content (AvgIpc) is 3.37. The molecular formula is C58H50N2O4. The van der Waals surface area contributed by atoms with Gasteiger partial charge in [0.15, 0.2) is 0 Å². The minimum absolute atomic E-state index is 0.399. The third-order valence-corrected chi connectivity index (χ3v) is 12.6. The van der Waals surface area contributed by atoms with Gasteiger partial charge >= 0.3 is 0 Å². The standard InChI is InChI=1S/C58H50N2O4/c61-57(55(49-31-15-27-45(37-49)41-19-5-1-6-20-41)50-32-16-28-46(38-50)42-21-7-2-8-22-42)59(63)53-35-13-14-36-54(53)60(64)58(62)56(51-33-17-29-47(39-51)43-23-9-3-10-24-43)52-34-18-30-48(40-52)44-25-11-4-12-26-44/h1-12,15-34,37-40,53-56,63-64H,13-14,35-36H2/t53-,54-/m1/s1. The lowest BCUT2D eigenvalue weighted by molar-refractivity contribution is -0.213. The second-order valence-electron chi connectivity index (χ2n) is 16.6. The maximum atomic E-state index is 15.2. The summed E-state index contributed by atoms with van der Waals surface area (Å²) < 4.78 is 0. The molecule has 8 aromatic carbocycles. The molecule has 0 aromatic heterocycles.